The van der Waals surface area contributed by atoms with Crippen LogP contribution in [0.2, 0.25) is 0 Å². The molecule has 43 heavy (non-hydrogen) atoms. The fourth-order valence-electron chi connectivity index (χ4n) is 6.06. The Morgan fingerprint density at radius 1 is 1.07 bits per heavy atom. The number of methoxy groups -OCH3 is 3. The van der Waals surface area contributed by atoms with E-state index in [0.29, 0.717) is 61.5 Å². The first-order valence-electron chi connectivity index (χ1n) is 15.0. The molecule has 4 heterocycles. The molecule has 5 rings (SSSR count). The van der Waals surface area contributed by atoms with Crippen molar-refractivity contribution in [1.29, 1.82) is 0 Å². The molecule has 1 N–H and O–H groups in total. The molecule has 0 aliphatic carbocycles. The Morgan fingerprint density at radius 2 is 1.91 bits per heavy atom. The predicted octanol–water partition coefficient (Wildman–Crippen LogP) is 3.36. The van der Waals surface area contributed by atoms with Crippen LogP contribution in [0.1, 0.15) is 42.1 Å². The Morgan fingerprint density at radius 3 is 2.63 bits per heavy atom. The highest BCUT2D eigenvalue weighted by Gasteiger charge is 2.27. The number of pyridine rings is 2. The summed E-state index contributed by atoms with van der Waals surface area (Å²) < 4.78 is 17.1. The first-order chi connectivity index (χ1) is 20.9. The van der Waals surface area contributed by atoms with Crippen LogP contribution in [0.25, 0.3) is 10.9 Å². The molecule has 230 valence electrons. The number of piperidine rings is 1. The zero-order valence-corrected chi connectivity index (χ0v) is 25.6. The van der Waals surface area contributed by atoms with Crippen LogP contribution >= 0.6 is 0 Å². The van der Waals surface area contributed by atoms with Crippen molar-refractivity contribution in [2.45, 2.75) is 32.7 Å². The Balaban J connectivity index is 1.55. The van der Waals surface area contributed by atoms with Gasteiger partial charge in [0.25, 0.3) is 5.91 Å². The number of nitrogens with one attached hydrogen (secondary N) is 1. The van der Waals surface area contributed by atoms with Crippen LogP contribution in [-0.4, -0.2) is 98.7 Å². The van der Waals surface area contributed by atoms with Crippen molar-refractivity contribution in [1.82, 2.24) is 25.1 Å². The average Bonchev–Trinajstić information content (AvgIpc) is 3.05. The lowest BCUT2D eigenvalue weighted by Crippen LogP contribution is -2.42. The van der Waals surface area contributed by atoms with Crippen molar-refractivity contribution in [2.75, 3.05) is 72.0 Å². The molecule has 0 radical (unpaired) electrons. The number of hydrogen-bond acceptors (Lipinski definition) is 9. The summed E-state index contributed by atoms with van der Waals surface area (Å²) in [5, 5.41) is 3.98. The van der Waals surface area contributed by atoms with Gasteiger partial charge in [0.05, 0.1) is 32.4 Å². The highest BCUT2D eigenvalue weighted by atomic mass is 16.5. The van der Waals surface area contributed by atoms with E-state index in [-0.39, 0.29) is 18.2 Å². The monoisotopic (exact) mass is 590 g/mol. The van der Waals surface area contributed by atoms with Gasteiger partial charge in [-0.2, -0.15) is 0 Å². The quantitative estimate of drug-likeness (QED) is 0.479. The van der Waals surface area contributed by atoms with Crippen LogP contribution in [0.3, 0.4) is 0 Å². The van der Waals surface area contributed by atoms with Gasteiger partial charge in [-0.3, -0.25) is 19.5 Å². The highest BCUT2D eigenvalue weighted by molar-refractivity contribution is 5.94. The maximum absolute atomic E-state index is 13.5. The Labute approximate surface area is 253 Å². The molecular weight excluding hydrogens is 548 g/mol. The molecule has 2 aromatic heterocycles. The van der Waals surface area contributed by atoms with E-state index >= 15 is 0 Å². The molecule has 0 saturated carbocycles. The third-order valence-corrected chi connectivity index (χ3v) is 8.42. The number of ether oxygens (including phenoxy) is 3. The van der Waals surface area contributed by atoms with Gasteiger partial charge in [0.15, 0.2) is 11.5 Å². The minimum absolute atomic E-state index is 0.0408. The van der Waals surface area contributed by atoms with Crippen molar-refractivity contribution >= 4 is 28.5 Å². The first-order valence-corrected chi connectivity index (χ1v) is 15.0. The zero-order valence-electron chi connectivity index (χ0n) is 25.6. The van der Waals surface area contributed by atoms with E-state index in [1.807, 2.05) is 6.07 Å². The SMILES string of the molecule is CCN1CCN(C(=O)c2cccnc2)CCC(=O)NCC2CCCN(C2)c2nc3cc(OC)c(OC)c(OC)c3cc2C1. The number of nitrogens with zero attached hydrogens (tertiary/aromatic N) is 5. The molecule has 2 amide bonds. The van der Waals surface area contributed by atoms with Crippen LogP contribution in [0.15, 0.2) is 36.7 Å². The van der Waals surface area contributed by atoms with E-state index in [1.165, 1.54) is 0 Å². The van der Waals surface area contributed by atoms with Gasteiger partial charge in [0.1, 0.15) is 5.82 Å². The van der Waals surface area contributed by atoms with E-state index in [4.69, 9.17) is 19.2 Å². The molecule has 3 aromatic rings. The van der Waals surface area contributed by atoms with Gasteiger partial charge in [-0.15, -0.1) is 0 Å². The molecule has 2 aliphatic rings. The summed E-state index contributed by atoms with van der Waals surface area (Å²) in [6, 6.07) is 7.57. The van der Waals surface area contributed by atoms with Gasteiger partial charge in [-0.25, -0.2) is 4.98 Å². The topological polar surface area (TPSA) is 109 Å². The second-order valence-corrected chi connectivity index (χ2v) is 11.1. The van der Waals surface area contributed by atoms with E-state index in [1.54, 1.807) is 50.8 Å². The van der Waals surface area contributed by atoms with Gasteiger partial charge in [0, 0.05) is 81.6 Å². The van der Waals surface area contributed by atoms with Crippen molar-refractivity contribution in [2.24, 2.45) is 5.92 Å². The molecule has 1 atom stereocenters. The summed E-state index contributed by atoms with van der Waals surface area (Å²) in [6.45, 7) is 7.27. The van der Waals surface area contributed by atoms with Gasteiger partial charge < -0.3 is 29.3 Å². The lowest BCUT2D eigenvalue weighted by molar-refractivity contribution is -0.121. The number of hydrogen-bond donors (Lipinski definition) is 1. The van der Waals surface area contributed by atoms with E-state index in [0.717, 1.165) is 54.8 Å². The van der Waals surface area contributed by atoms with Gasteiger partial charge in [-0.1, -0.05) is 6.92 Å². The minimum Gasteiger partial charge on any atom is -0.493 e. The maximum Gasteiger partial charge on any atom is 0.255 e. The fourth-order valence-corrected chi connectivity index (χ4v) is 6.06. The maximum atomic E-state index is 13.5. The molecular formula is C32H42N6O5. The Kier molecular flexibility index (Phi) is 9.81. The molecule has 11 heteroatoms. The van der Waals surface area contributed by atoms with Gasteiger partial charge in [-0.05, 0) is 43.5 Å². The zero-order chi connectivity index (χ0) is 30.3. The largest absolute Gasteiger partial charge is 0.493 e. The fraction of sp³-hybridized carbons (Fsp3) is 0.500. The van der Waals surface area contributed by atoms with Crippen molar-refractivity contribution in [3.8, 4) is 17.2 Å². The normalized spacial score (nSPS) is 18.7. The molecule has 11 nitrogen and oxygen atoms in total. The number of amides is 2. The number of fused-ring (bicyclic) bond motifs is 5. The number of benzene rings is 1. The van der Waals surface area contributed by atoms with E-state index in [9.17, 15) is 9.59 Å². The summed E-state index contributed by atoms with van der Waals surface area (Å²) in [5.74, 6) is 2.73. The molecule has 2 aliphatic heterocycles. The van der Waals surface area contributed by atoms with Crippen LogP contribution in [0, 0.1) is 5.92 Å². The first kappa shape index (κ1) is 30.3. The second kappa shape index (κ2) is 13.9. The third-order valence-electron chi connectivity index (χ3n) is 8.42. The smallest absolute Gasteiger partial charge is 0.255 e. The molecule has 1 aromatic carbocycles. The number of anilines is 1. The minimum atomic E-state index is -0.123. The van der Waals surface area contributed by atoms with Crippen molar-refractivity contribution < 1.29 is 23.8 Å². The van der Waals surface area contributed by atoms with Gasteiger partial charge in [0.2, 0.25) is 11.7 Å². The van der Waals surface area contributed by atoms with E-state index < -0.39 is 0 Å². The number of carbonyl (C=O) groups is 2. The Bertz CT molecular complexity index is 1440. The van der Waals surface area contributed by atoms with Crippen LogP contribution < -0.4 is 24.4 Å². The molecule has 1 unspecified atom stereocenters. The standard InChI is InChI=1S/C32H42N6O5/c1-5-36-14-15-37(32(40)23-9-6-11-33-19-23)13-10-28(39)34-18-22-8-7-12-38(20-22)31-24(21-36)16-25-26(35-31)17-27(41-2)30(43-4)29(25)42-3/h6,9,11,16-17,19,22H,5,7-8,10,12-15,18,20-21H2,1-4H3,(H,34,39). The van der Waals surface area contributed by atoms with E-state index in [2.05, 4.69) is 33.1 Å². The third kappa shape index (κ3) is 6.77. The summed E-state index contributed by atoms with van der Waals surface area (Å²) in [4.78, 5) is 42.1. The molecule has 0 spiro atoms. The molecule has 1 fully saturated rings. The van der Waals surface area contributed by atoms with Crippen LogP contribution in [0.4, 0.5) is 5.82 Å². The molecule has 2 bridgehead atoms. The van der Waals surface area contributed by atoms with Crippen molar-refractivity contribution in [3.63, 3.8) is 0 Å². The lowest BCUT2D eigenvalue weighted by Gasteiger charge is -2.35. The molecule has 1 saturated heterocycles. The van der Waals surface area contributed by atoms with Gasteiger partial charge >= 0.3 is 0 Å². The highest BCUT2D eigenvalue weighted by Crippen LogP contribution is 2.44. The number of carbonyl (C=O) groups excluding carboxylic acids is 2. The number of likely N-dealkylation sites (N-methyl/N-ethyl adjacent to an activating group) is 1. The average molecular weight is 591 g/mol. The lowest BCUT2D eigenvalue weighted by atomic mass is 9.97. The second-order valence-electron chi connectivity index (χ2n) is 11.1. The summed E-state index contributed by atoms with van der Waals surface area (Å²) in [6.07, 6.45) is 5.53. The van der Waals surface area contributed by atoms with Crippen LogP contribution in [-0.2, 0) is 11.3 Å². The summed E-state index contributed by atoms with van der Waals surface area (Å²) in [7, 11) is 4.84. The summed E-state index contributed by atoms with van der Waals surface area (Å²) in [5.41, 5.74) is 2.35. The van der Waals surface area contributed by atoms with Crippen molar-refractivity contribution in [3.05, 3.63) is 47.8 Å². The predicted molar refractivity (Wildman–Crippen MR) is 165 cm³/mol. The van der Waals surface area contributed by atoms with Crippen LogP contribution in [0.5, 0.6) is 17.2 Å². The number of aromatic nitrogens is 2. The number of rotatable bonds is 5. The Hall–Kier alpha value is -4.12. The summed E-state index contributed by atoms with van der Waals surface area (Å²) >= 11 is 0.